The molecule has 0 amide bonds. The van der Waals surface area contributed by atoms with Gasteiger partial charge in [-0.05, 0) is 42.5 Å². The van der Waals surface area contributed by atoms with Crippen molar-refractivity contribution in [1.82, 2.24) is 9.55 Å². The van der Waals surface area contributed by atoms with Crippen LogP contribution in [0.2, 0.25) is 0 Å². The first kappa shape index (κ1) is 12.0. The third kappa shape index (κ3) is 1.84. The third-order valence-corrected chi connectivity index (χ3v) is 3.09. The van der Waals surface area contributed by atoms with Crippen LogP contribution in [0.4, 0.5) is 13.2 Å². The molecule has 96 valence electrons. The van der Waals surface area contributed by atoms with Crippen LogP contribution in [0.3, 0.4) is 0 Å². The molecule has 0 atom stereocenters. The molecule has 6 heteroatoms. The quantitative estimate of drug-likeness (QED) is 0.665. The molecule has 19 heavy (non-hydrogen) atoms. The molecular weight excluding hydrogens is 273 g/mol. The van der Waals surface area contributed by atoms with Crippen molar-refractivity contribution >= 4 is 23.3 Å². The minimum atomic E-state index is -1.02. The number of benzene rings is 2. The van der Waals surface area contributed by atoms with Crippen LogP contribution >= 0.6 is 12.2 Å². The second kappa shape index (κ2) is 4.24. The molecule has 0 bridgehead atoms. The van der Waals surface area contributed by atoms with Crippen molar-refractivity contribution in [1.29, 1.82) is 0 Å². The Bertz CT molecular complexity index is 836. The Balaban J connectivity index is 2.44. The average molecular weight is 280 g/mol. The lowest BCUT2D eigenvalue weighted by molar-refractivity contribution is 0.514. The van der Waals surface area contributed by atoms with Crippen molar-refractivity contribution < 1.29 is 13.2 Å². The Morgan fingerprint density at radius 1 is 1.05 bits per heavy atom. The molecule has 0 saturated carbocycles. The highest BCUT2D eigenvalue weighted by molar-refractivity contribution is 7.71. The topological polar surface area (TPSA) is 20.7 Å². The van der Waals surface area contributed by atoms with Crippen molar-refractivity contribution in [2.24, 2.45) is 0 Å². The van der Waals surface area contributed by atoms with Gasteiger partial charge in [0.15, 0.2) is 16.4 Å². The normalized spacial score (nSPS) is 11.1. The van der Waals surface area contributed by atoms with Gasteiger partial charge in [-0.25, -0.2) is 13.2 Å². The first-order chi connectivity index (χ1) is 9.08. The molecule has 0 aliphatic carbocycles. The van der Waals surface area contributed by atoms with Gasteiger partial charge in [0, 0.05) is 0 Å². The van der Waals surface area contributed by atoms with Crippen molar-refractivity contribution in [3.63, 3.8) is 0 Å². The lowest BCUT2D eigenvalue weighted by Crippen LogP contribution is -1.97. The average Bonchev–Trinajstić information content (AvgIpc) is 2.71. The van der Waals surface area contributed by atoms with Crippen LogP contribution < -0.4 is 0 Å². The number of nitrogens with one attached hydrogen (secondary N) is 1. The zero-order valence-electron chi connectivity index (χ0n) is 9.45. The monoisotopic (exact) mass is 280 g/mol. The molecular formula is C13H7F3N2S. The first-order valence-corrected chi connectivity index (χ1v) is 5.83. The van der Waals surface area contributed by atoms with Gasteiger partial charge >= 0.3 is 0 Å². The predicted molar refractivity (Wildman–Crippen MR) is 68.3 cm³/mol. The Morgan fingerprint density at radius 3 is 2.58 bits per heavy atom. The van der Waals surface area contributed by atoms with E-state index in [9.17, 15) is 13.2 Å². The Morgan fingerprint density at radius 2 is 1.84 bits per heavy atom. The maximum Gasteiger partial charge on any atom is 0.184 e. The first-order valence-electron chi connectivity index (χ1n) is 5.42. The molecule has 2 nitrogen and oxygen atoms in total. The van der Waals surface area contributed by atoms with Gasteiger partial charge in [-0.15, -0.1) is 0 Å². The summed E-state index contributed by atoms with van der Waals surface area (Å²) >= 11 is 5.08. The van der Waals surface area contributed by atoms with Crippen LogP contribution in [0.15, 0.2) is 36.4 Å². The van der Waals surface area contributed by atoms with Gasteiger partial charge < -0.3 is 4.98 Å². The van der Waals surface area contributed by atoms with E-state index in [-0.39, 0.29) is 10.3 Å². The number of hydrogen-bond donors (Lipinski definition) is 1. The minimum Gasteiger partial charge on any atom is -0.330 e. The smallest absolute Gasteiger partial charge is 0.184 e. The second-order valence-electron chi connectivity index (χ2n) is 4.00. The van der Waals surface area contributed by atoms with E-state index in [0.29, 0.717) is 11.2 Å². The number of nitrogens with zero attached hydrogens (tertiary/aromatic N) is 1. The van der Waals surface area contributed by atoms with Crippen molar-refractivity contribution in [2.45, 2.75) is 0 Å². The number of imidazole rings is 1. The molecule has 0 radical (unpaired) electrons. The van der Waals surface area contributed by atoms with E-state index in [1.165, 1.54) is 28.8 Å². The molecule has 0 aliphatic rings. The fraction of sp³-hybridized carbons (Fsp3) is 0. The summed E-state index contributed by atoms with van der Waals surface area (Å²) in [6, 6.07) is 7.91. The Hall–Kier alpha value is -2.08. The standard InChI is InChI=1S/C13H7F3N2S/c14-7-2-1-3-8(6-7)18-12-10(17-13(18)19)5-4-9(15)11(12)16/h1-6H,(H,17,19). The van der Waals surface area contributed by atoms with Gasteiger partial charge in [-0.2, -0.15) is 0 Å². The highest BCUT2D eigenvalue weighted by atomic mass is 32.1. The number of H-pyrrole nitrogens is 1. The largest absolute Gasteiger partial charge is 0.330 e. The number of aromatic amines is 1. The predicted octanol–water partition coefficient (Wildman–Crippen LogP) is 4.11. The lowest BCUT2D eigenvalue weighted by Gasteiger charge is -2.05. The van der Waals surface area contributed by atoms with E-state index >= 15 is 0 Å². The molecule has 3 rings (SSSR count). The number of halogens is 3. The van der Waals surface area contributed by atoms with E-state index in [0.717, 1.165) is 6.07 Å². The molecule has 1 N–H and O–H groups in total. The Kier molecular flexibility index (Phi) is 2.67. The van der Waals surface area contributed by atoms with Crippen molar-refractivity contribution in [3.8, 4) is 5.69 Å². The van der Waals surface area contributed by atoms with Gasteiger partial charge in [0.25, 0.3) is 0 Å². The highest BCUT2D eigenvalue weighted by Crippen LogP contribution is 2.24. The van der Waals surface area contributed by atoms with Gasteiger partial charge in [-0.1, -0.05) is 6.07 Å². The molecule has 2 aromatic carbocycles. The number of hydrogen-bond acceptors (Lipinski definition) is 1. The molecule has 0 spiro atoms. The van der Waals surface area contributed by atoms with Crippen LogP contribution in [0.1, 0.15) is 0 Å². The summed E-state index contributed by atoms with van der Waals surface area (Å²) in [5.41, 5.74) is 0.657. The van der Waals surface area contributed by atoms with Crippen molar-refractivity contribution in [2.75, 3.05) is 0 Å². The summed E-state index contributed by atoms with van der Waals surface area (Å²) < 4.78 is 41.9. The van der Waals surface area contributed by atoms with Crippen molar-refractivity contribution in [3.05, 3.63) is 58.6 Å². The van der Waals surface area contributed by atoms with E-state index in [4.69, 9.17) is 12.2 Å². The van der Waals surface area contributed by atoms with Crippen LogP contribution in [0, 0.1) is 22.2 Å². The van der Waals surface area contributed by atoms with E-state index in [1.54, 1.807) is 6.07 Å². The Labute approximate surface area is 111 Å². The van der Waals surface area contributed by atoms with E-state index < -0.39 is 17.5 Å². The summed E-state index contributed by atoms with van der Waals surface area (Å²) in [7, 11) is 0. The lowest BCUT2D eigenvalue weighted by atomic mass is 10.2. The molecule has 1 aromatic heterocycles. The SMILES string of the molecule is Fc1cccc(-n2c(=S)[nH]c3ccc(F)c(F)c32)c1. The minimum absolute atomic E-state index is 0.0319. The molecule has 0 aliphatic heterocycles. The number of fused-ring (bicyclic) bond motifs is 1. The van der Waals surface area contributed by atoms with Gasteiger partial charge in [-0.3, -0.25) is 4.57 Å². The van der Waals surface area contributed by atoms with Gasteiger partial charge in [0.05, 0.1) is 11.2 Å². The van der Waals surface area contributed by atoms with E-state index in [2.05, 4.69) is 4.98 Å². The molecule has 0 unspecified atom stereocenters. The van der Waals surface area contributed by atoms with Gasteiger partial charge in [0.1, 0.15) is 11.3 Å². The highest BCUT2D eigenvalue weighted by Gasteiger charge is 2.15. The summed E-state index contributed by atoms with van der Waals surface area (Å²) in [5.74, 6) is -2.48. The summed E-state index contributed by atoms with van der Waals surface area (Å²) in [6.07, 6.45) is 0. The zero-order chi connectivity index (χ0) is 13.6. The fourth-order valence-corrected chi connectivity index (χ4v) is 2.30. The van der Waals surface area contributed by atoms with Crippen LogP contribution in [0.25, 0.3) is 16.7 Å². The molecule has 1 heterocycles. The molecule has 3 aromatic rings. The number of rotatable bonds is 1. The zero-order valence-corrected chi connectivity index (χ0v) is 10.3. The van der Waals surface area contributed by atoms with Crippen LogP contribution in [-0.2, 0) is 0 Å². The van der Waals surface area contributed by atoms with Gasteiger partial charge in [0.2, 0.25) is 0 Å². The summed E-state index contributed by atoms with van der Waals surface area (Å²) in [5, 5.41) is 0. The maximum atomic E-state index is 13.9. The van der Waals surface area contributed by atoms with Crippen LogP contribution in [0.5, 0.6) is 0 Å². The molecule has 0 fully saturated rings. The third-order valence-electron chi connectivity index (χ3n) is 2.80. The fourth-order valence-electron chi connectivity index (χ4n) is 1.99. The second-order valence-corrected chi connectivity index (χ2v) is 4.39. The summed E-state index contributed by atoms with van der Waals surface area (Å²) in [6.45, 7) is 0. The van der Waals surface area contributed by atoms with E-state index in [1.807, 2.05) is 0 Å². The molecule has 0 saturated heterocycles. The van der Waals surface area contributed by atoms with Crippen LogP contribution in [-0.4, -0.2) is 9.55 Å². The maximum absolute atomic E-state index is 13.9. The number of aromatic nitrogens is 2. The summed E-state index contributed by atoms with van der Waals surface area (Å²) in [4.78, 5) is 2.76.